The molecule has 1 atom stereocenters. The number of rotatable bonds is 5. The summed E-state index contributed by atoms with van der Waals surface area (Å²) in [4.78, 5) is 14.5. The van der Waals surface area contributed by atoms with Gasteiger partial charge in [0.05, 0.1) is 6.04 Å². The lowest BCUT2D eigenvalue weighted by molar-refractivity contribution is -0.120. The van der Waals surface area contributed by atoms with Crippen LogP contribution in [0, 0.1) is 6.92 Å². The Morgan fingerprint density at radius 2 is 1.80 bits per heavy atom. The van der Waals surface area contributed by atoms with Crippen molar-refractivity contribution in [3.8, 4) is 11.5 Å². The van der Waals surface area contributed by atoms with E-state index < -0.39 is 0 Å². The number of carbonyl (C=O) groups excluding carboxylic acids is 1. The molecule has 0 saturated carbocycles. The maximum atomic E-state index is 12.5. The summed E-state index contributed by atoms with van der Waals surface area (Å²) in [6.07, 6.45) is 0. The normalized spacial score (nSPS) is 14.2. The maximum absolute atomic E-state index is 12.5. The molecule has 0 saturated heterocycles. The second kappa shape index (κ2) is 7.57. The van der Waals surface area contributed by atoms with E-state index in [2.05, 4.69) is 5.32 Å². The van der Waals surface area contributed by atoms with Crippen molar-refractivity contribution in [1.82, 2.24) is 4.90 Å². The lowest BCUT2D eigenvalue weighted by Gasteiger charge is -2.25. The van der Waals surface area contributed by atoms with Gasteiger partial charge in [-0.3, -0.25) is 9.69 Å². The van der Waals surface area contributed by atoms with Crippen LogP contribution in [0.2, 0.25) is 0 Å². The van der Waals surface area contributed by atoms with Gasteiger partial charge in [-0.2, -0.15) is 0 Å². The molecule has 25 heavy (non-hydrogen) atoms. The minimum absolute atomic E-state index is 0.0242. The number of hydrogen-bond donors (Lipinski definition) is 1. The van der Waals surface area contributed by atoms with Crippen LogP contribution in [0.3, 0.4) is 0 Å². The molecular weight excluding hydrogens is 316 g/mol. The summed E-state index contributed by atoms with van der Waals surface area (Å²) >= 11 is 0. The molecule has 0 bridgehead atoms. The lowest BCUT2D eigenvalue weighted by atomic mass is 10.1. The molecule has 1 aliphatic rings. The van der Waals surface area contributed by atoms with Crippen LogP contribution < -0.4 is 14.8 Å². The van der Waals surface area contributed by atoms with Crippen LogP contribution in [0.25, 0.3) is 0 Å². The highest BCUT2D eigenvalue weighted by molar-refractivity contribution is 5.94. The number of hydrogen-bond acceptors (Lipinski definition) is 4. The van der Waals surface area contributed by atoms with Crippen molar-refractivity contribution in [1.29, 1.82) is 0 Å². The molecule has 1 unspecified atom stereocenters. The van der Waals surface area contributed by atoms with Gasteiger partial charge in [-0.05, 0) is 50.7 Å². The quantitative estimate of drug-likeness (QED) is 0.908. The molecule has 0 radical (unpaired) electrons. The van der Waals surface area contributed by atoms with Gasteiger partial charge >= 0.3 is 0 Å². The molecule has 0 aromatic heterocycles. The van der Waals surface area contributed by atoms with E-state index in [0.29, 0.717) is 19.8 Å². The summed E-state index contributed by atoms with van der Waals surface area (Å²) in [7, 11) is 1.94. The highest BCUT2D eigenvalue weighted by Crippen LogP contribution is 2.31. The number of nitrogens with zero attached hydrogens (tertiary/aromatic N) is 1. The van der Waals surface area contributed by atoms with Gasteiger partial charge in [0.15, 0.2) is 11.5 Å². The molecule has 5 heteroatoms. The molecule has 1 amide bonds. The van der Waals surface area contributed by atoms with Crippen LogP contribution in [0.1, 0.15) is 18.1 Å². The molecular formula is C20H24N2O3. The largest absolute Gasteiger partial charge is 0.486 e. The number of aryl methyl sites for hydroxylation is 1. The molecule has 0 spiro atoms. The smallest absolute Gasteiger partial charge is 0.241 e. The van der Waals surface area contributed by atoms with E-state index in [0.717, 1.165) is 22.7 Å². The van der Waals surface area contributed by atoms with Crippen molar-refractivity contribution >= 4 is 11.6 Å². The van der Waals surface area contributed by atoms with Crippen LogP contribution in [0.15, 0.2) is 42.5 Å². The van der Waals surface area contributed by atoms with Gasteiger partial charge in [0.2, 0.25) is 5.91 Å². The molecule has 1 heterocycles. The third-order valence-electron chi connectivity index (χ3n) is 4.40. The number of fused-ring (bicyclic) bond motifs is 1. The van der Waals surface area contributed by atoms with Crippen molar-refractivity contribution in [2.24, 2.45) is 0 Å². The predicted molar refractivity (Wildman–Crippen MR) is 98.2 cm³/mol. The summed E-state index contributed by atoms with van der Waals surface area (Å²) in [5.41, 5.74) is 3.07. The van der Waals surface area contributed by atoms with E-state index in [1.54, 1.807) is 0 Å². The van der Waals surface area contributed by atoms with Gasteiger partial charge < -0.3 is 14.8 Å². The van der Waals surface area contributed by atoms with E-state index in [4.69, 9.17) is 9.47 Å². The standard InChI is InChI=1S/C20H24N2O3/c1-14-4-7-17(8-5-14)21-20(23)15(2)22(3)13-16-6-9-18-19(12-16)25-11-10-24-18/h4-9,12,15H,10-11,13H2,1-3H3,(H,21,23). The first-order valence-electron chi connectivity index (χ1n) is 8.49. The van der Waals surface area contributed by atoms with E-state index in [9.17, 15) is 4.79 Å². The Kier molecular flexibility index (Phi) is 5.24. The summed E-state index contributed by atoms with van der Waals surface area (Å²) < 4.78 is 11.2. The number of carbonyl (C=O) groups is 1. The summed E-state index contributed by atoms with van der Waals surface area (Å²) in [6.45, 7) is 5.74. The number of benzene rings is 2. The monoisotopic (exact) mass is 340 g/mol. The molecule has 1 N–H and O–H groups in total. The van der Waals surface area contributed by atoms with Crippen molar-refractivity contribution in [3.63, 3.8) is 0 Å². The molecule has 0 fully saturated rings. The second-order valence-electron chi connectivity index (χ2n) is 6.42. The van der Waals surface area contributed by atoms with Crippen molar-refractivity contribution in [2.45, 2.75) is 26.4 Å². The first kappa shape index (κ1) is 17.3. The summed E-state index contributed by atoms with van der Waals surface area (Å²) in [5.74, 6) is 1.53. The first-order chi connectivity index (χ1) is 12.0. The van der Waals surface area contributed by atoms with Gasteiger partial charge in [-0.1, -0.05) is 23.8 Å². The number of likely N-dealkylation sites (N-methyl/N-ethyl adjacent to an activating group) is 1. The van der Waals surface area contributed by atoms with Crippen LogP contribution in [0.4, 0.5) is 5.69 Å². The fourth-order valence-electron chi connectivity index (χ4n) is 2.69. The molecule has 1 aliphatic heterocycles. The van der Waals surface area contributed by atoms with Gasteiger partial charge in [0, 0.05) is 12.2 Å². The zero-order chi connectivity index (χ0) is 17.8. The molecule has 132 valence electrons. The number of nitrogens with one attached hydrogen (secondary N) is 1. The molecule has 0 aliphatic carbocycles. The fraction of sp³-hybridized carbons (Fsp3) is 0.350. The minimum atomic E-state index is -0.255. The molecule has 2 aromatic rings. The Hall–Kier alpha value is -2.53. The third-order valence-corrected chi connectivity index (χ3v) is 4.40. The lowest BCUT2D eigenvalue weighted by Crippen LogP contribution is -2.39. The van der Waals surface area contributed by atoms with E-state index >= 15 is 0 Å². The minimum Gasteiger partial charge on any atom is -0.486 e. The average molecular weight is 340 g/mol. The average Bonchev–Trinajstić information content (AvgIpc) is 2.62. The Morgan fingerprint density at radius 1 is 1.12 bits per heavy atom. The highest BCUT2D eigenvalue weighted by atomic mass is 16.6. The van der Waals surface area contributed by atoms with Crippen LogP contribution in [-0.2, 0) is 11.3 Å². The molecule has 5 nitrogen and oxygen atoms in total. The number of ether oxygens (including phenoxy) is 2. The van der Waals surface area contributed by atoms with Crippen molar-refractivity contribution in [2.75, 3.05) is 25.6 Å². The zero-order valence-corrected chi connectivity index (χ0v) is 14.9. The Morgan fingerprint density at radius 3 is 2.52 bits per heavy atom. The SMILES string of the molecule is Cc1ccc(NC(=O)C(C)N(C)Cc2ccc3c(c2)OCCO3)cc1. The van der Waals surface area contributed by atoms with Crippen molar-refractivity contribution in [3.05, 3.63) is 53.6 Å². The first-order valence-corrected chi connectivity index (χ1v) is 8.49. The van der Waals surface area contributed by atoms with E-state index in [1.165, 1.54) is 5.56 Å². The van der Waals surface area contributed by atoms with E-state index in [1.807, 2.05) is 68.3 Å². The predicted octanol–water partition coefficient (Wildman–Crippen LogP) is 3.23. The Labute approximate surface area is 148 Å². The van der Waals surface area contributed by atoms with Crippen LogP contribution in [0.5, 0.6) is 11.5 Å². The molecule has 3 rings (SSSR count). The molecule has 2 aromatic carbocycles. The van der Waals surface area contributed by atoms with Crippen molar-refractivity contribution < 1.29 is 14.3 Å². The summed E-state index contributed by atoms with van der Waals surface area (Å²) in [6, 6.07) is 13.5. The maximum Gasteiger partial charge on any atom is 0.241 e. The highest BCUT2D eigenvalue weighted by Gasteiger charge is 2.19. The summed E-state index contributed by atoms with van der Waals surface area (Å²) in [5, 5.41) is 2.96. The van der Waals surface area contributed by atoms with Crippen LogP contribution >= 0.6 is 0 Å². The van der Waals surface area contributed by atoms with Crippen LogP contribution in [-0.4, -0.2) is 37.1 Å². The van der Waals surface area contributed by atoms with Gasteiger partial charge in [0.1, 0.15) is 13.2 Å². The second-order valence-corrected chi connectivity index (χ2v) is 6.42. The van der Waals surface area contributed by atoms with Gasteiger partial charge in [-0.15, -0.1) is 0 Å². The van der Waals surface area contributed by atoms with Gasteiger partial charge in [-0.25, -0.2) is 0 Å². The number of anilines is 1. The Balaban J connectivity index is 1.60. The van der Waals surface area contributed by atoms with Gasteiger partial charge in [0.25, 0.3) is 0 Å². The Bertz CT molecular complexity index is 743. The topological polar surface area (TPSA) is 50.8 Å². The van der Waals surface area contributed by atoms with E-state index in [-0.39, 0.29) is 11.9 Å². The third kappa shape index (κ3) is 4.31. The number of amides is 1. The fourth-order valence-corrected chi connectivity index (χ4v) is 2.69. The zero-order valence-electron chi connectivity index (χ0n) is 14.9.